The first-order valence-corrected chi connectivity index (χ1v) is 16.1. The molecule has 0 aliphatic carbocycles. The SMILES string of the molecule is c1ccc(N(c2ccc(-c3c4ccccc4c(-c4cccc5ccccc45)c4ccccc34)cc2)c2ccc3ccccc3n2)cc1. The van der Waals surface area contributed by atoms with Gasteiger partial charge in [-0.15, -0.1) is 0 Å². The average molecular weight is 599 g/mol. The van der Waals surface area contributed by atoms with E-state index in [4.69, 9.17) is 4.98 Å². The lowest BCUT2D eigenvalue weighted by Crippen LogP contribution is -2.11. The molecule has 0 aliphatic rings. The first kappa shape index (κ1) is 27.1. The summed E-state index contributed by atoms with van der Waals surface area (Å²) in [4.78, 5) is 7.31. The van der Waals surface area contributed by atoms with E-state index >= 15 is 0 Å². The van der Waals surface area contributed by atoms with Crippen LogP contribution in [0.5, 0.6) is 0 Å². The fourth-order valence-corrected chi connectivity index (χ4v) is 7.12. The van der Waals surface area contributed by atoms with Crippen molar-refractivity contribution < 1.29 is 0 Å². The Balaban J connectivity index is 1.24. The number of fused-ring (bicyclic) bond motifs is 4. The lowest BCUT2D eigenvalue weighted by atomic mass is 9.85. The summed E-state index contributed by atoms with van der Waals surface area (Å²) in [6.07, 6.45) is 0. The van der Waals surface area contributed by atoms with E-state index in [9.17, 15) is 0 Å². The lowest BCUT2D eigenvalue weighted by Gasteiger charge is -2.25. The number of hydrogen-bond acceptors (Lipinski definition) is 2. The van der Waals surface area contributed by atoms with Crippen LogP contribution >= 0.6 is 0 Å². The molecular formula is C45H30N2. The summed E-state index contributed by atoms with van der Waals surface area (Å²) >= 11 is 0. The van der Waals surface area contributed by atoms with Crippen LogP contribution in [-0.4, -0.2) is 4.98 Å². The number of aromatic nitrogens is 1. The molecule has 0 N–H and O–H groups in total. The molecule has 1 heterocycles. The lowest BCUT2D eigenvalue weighted by molar-refractivity contribution is 1.21. The molecule has 9 rings (SSSR count). The van der Waals surface area contributed by atoms with Crippen LogP contribution in [0.3, 0.4) is 0 Å². The molecule has 0 amide bonds. The Kier molecular flexibility index (Phi) is 6.50. The minimum Gasteiger partial charge on any atom is -0.295 e. The Morgan fingerprint density at radius 2 is 0.872 bits per heavy atom. The van der Waals surface area contributed by atoms with Crippen molar-refractivity contribution in [2.24, 2.45) is 0 Å². The van der Waals surface area contributed by atoms with Crippen molar-refractivity contribution in [1.29, 1.82) is 0 Å². The predicted octanol–water partition coefficient (Wildman–Crippen LogP) is 12.5. The van der Waals surface area contributed by atoms with Gasteiger partial charge in [0.05, 0.1) is 5.52 Å². The molecule has 8 aromatic carbocycles. The fourth-order valence-electron chi connectivity index (χ4n) is 7.12. The summed E-state index contributed by atoms with van der Waals surface area (Å²) in [5.74, 6) is 0.887. The number of benzene rings is 8. The van der Waals surface area contributed by atoms with Gasteiger partial charge in [-0.2, -0.15) is 0 Å². The summed E-state index contributed by atoms with van der Waals surface area (Å²) in [6, 6.07) is 65.1. The zero-order valence-corrected chi connectivity index (χ0v) is 25.7. The normalized spacial score (nSPS) is 11.4. The number of pyridine rings is 1. The summed E-state index contributed by atoms with van der Waals surface area (Å²) in [5, 5.41) is 8.66. The number of hydrogen-bond donors (Lipinski definition) is 0. The second kappa shape index (κ2) is 11.3. The van der Waals surface area contributed by atoms with E-state index < -0.39 is 0 Å². The summed E-state index contributed by atoms with van der Waals surface area (Å²) < 4.78 is 0. The topological polar surface area (TPSA) is 16.1 Å². The van der Waals surface area contributed by atoms with Crippen LogP contribution in [-0.2, 0) is 0 Å². The highest BCUT2D eigenvalue weighted by atomic mass is 15.2. The third kappa shape index (κ3) is 4.62. The van der Waals surface area contributed by atoms with Gasteiger partial charge in [-0.05, 0) is 97.0 Å². The van der Waals surface area contributed by atoms with Gasteiger partial charge in [-0.25, -0.2) is 4.98 Å². The van der Waals surface area contributed by atoms with Crippen LogP contribution in [0.25, 0.3) is 65.5 Å². The molecule has 9 aromatic rings. The minimum atomic E-state index is 0.887. The molecule has 0 aliphatic heterocycles. The number of para-hydroxylation sites is 2. The van der Waals surface area contributed by atoms with Gasteiger partial charge in [-0.3, -0.25) is 4.90 Å². The smallest absolute Gasteiger partial charge is 0.138 e. The number of nitrogens with zero attached hydrogens (tertiary/aromatic N) is 2. The van der Waals surface area contributed by atoms with Gasteiger partial charge in [0.2, 0.25) is 0 Å². The molecule has 0 atom stereocenters. The largest absolute Gasteiger partial charge is 0.295 e. The van der Waals surface area contributed by atoms with Gasteiger partial charge >= 0.3 is 0 Å². The van der Waals surface area contributed by atoms with Crippen LogP contribution in [0.4, 0.5) is 17.2 Å². The van der Waals surface area contributed by atoms with E-state index in [0.29, 0.717) is 0 Å². The van der Waals surface area contributed by atoms with Crippen LogP contribution in [0, 0.1) is 0 Å². The van der Waals surface area contributed by atoms with E-state index in [1.807, 2.05) is 6.07 Å². The zero-order chi connectivity index (χ0) is 31.2. The van der Waals surface area contributed by atoms with Crippen molar-refractivity contribution in [3.8, 4) is 22.3 Å². The Morgan fingerprint density at radius 3 is 1.57 bits per heavy atom. The number of anilines is 3. The van der Waals surface area contributed by atoms with Gasteiger partial charge < -0.3 is 0 Å². The third-order valence-electron chi connectivity index (χ3n) is 9.23. The average Bonchev–Trinajstić information content (AvgIpc) is 3.14. The van der Waals surface area contributed by atoms with Crippen molar-refractivity contribution in [3.05, 3.63) is 182 Å². The quantitative estimate of drug-likeness (QED) is 0.183. The van der Waals surface area contributed by atoms with Crippen molar-refractivity contribution in [1.82, 2.24) is 4.98 Å². The second-order valence-corrected chi connectivity index (χ2v) is 11.9. The Hall–Kier alpha value is -6.25. The molecule has 1 aromatic heterocycles. The van der Waals surface area contributed by atoms with Crippen LogP contribution in [0.1, 0.15) is 0 Å². The maximum atomic E-state index is 5.08. The fraction of sp³-hybridized carbons (Fsp3) is 0. The molecule has 2 heteroatoms. The second-order valence-electron chi connectivity index (χ2n) is 11.9. The Labute approximate surface area is 273 Å². The molecule has 0 fully saturated rings. The van der Waals surface area contributed by atoms with Crippen molar-refractivity contribution >= 4 is 60.4 Å². The van der Waals surface area contributed by atoms with Crippen molar-refractivity contribution in [2.45, 2.75) is 0 Å². The van der Waals surface area contributed by atoms with Crippen molar-refractivity contribution in [2.75, 3.05) is 4.90 Å². The molecule has 220 valence electrons. The van der Waals surface area contributed by atoms with E-state index in [-0.39, 0.29) is 0 Å². The van der Waals surface area contributed by atoms with Gasteiger partial charge in [-0.1, -0.05) is 140 Å². The monoisotopic (exact) mass is 598 g/mol. The highest BCUT2D eigenvalue weighted by Crippen LogP contribution is 2.45. The molecule has 0 saturated carbocycles. The van der Waals surface area contributed by atoms with E-state index in [1.165, 1.54) is 54.6 Å². The highest BCUT2D eigenvalue weighted by Gasteiger charge is 2.19. The Morgan fingerprint density at radius 1 is 0.340 bits per heavy atom. The summed E-state index contributed by atoms with van der Waals surface area (Å²) in [7, 11) is 0. The summed E-state index contributed by atoms with van der Waals surface area (Å²) in [5.41, 5.74) is 8.09. The van der Waals surface area contributed by atoms with Crippen molar-refractivity contribution in [3.63, 3.8) is 0 Å². The van der Waals surface area contributed by atoms with Crippen LogP contribution in [0.15, 0.2) is 182 Å². The van der Waals surface area contributed by atoms with Gasteiger partial charge in [0.25, 0.3) is 0 Å². The number of rotatable bonds is 5. The molecule has 0 unspecified atom stereocenters. The first-order valence-electron chi connectivity index (χ1n) is 16.1. The Bertz CT molecular complexity index is 2510. The third-order valence-corrected chi connectivity index (χ3v) is 9.23. The molecule has 0 spiro atoms. The maximum absolute atomic E-state index is 5.08. The van der Waals surface area contributed by atoms with Gasteiger partial charge in [0.15, 0.2) is 0 Å². The standard InChI is InChI=1S/C45H30N2/c1-2-16-34(17-3-1)47(43-30-27-32-14-5-11-24-42(32)46-43)35-28-25-33(26-29-35)44-38-19-7-9-21-40(38)45(41-22-10-8-20-39(41)44)37-23-12-15-31-13-4-6-18-36(31)37/h1-30H. The highest BCUT2D eigenvalue weighted by molar-refractivity contribution is 6.23. The predicted molar refractivity (Wildman–Crippen MR) is 200 cm³/mol. The van der Waals surface area contributed by atoms with Gasteiger partial charge in [0.1, 0.15) is 5.82 Å². The molecule has 0 radical (unpaired) electrons. The maximum Gasteiger partial charge on any atom is 0.138 e. The van der Waals surface area contributed by atoms with E-state index in [0.717, 1.165) is 28.1 Å². The van der Waals surface area contributed by atoms with Crippen LogP contribution < -0.4 is 4.90 Å². The molecule has 47 heavy (non-hydrogen) atoms. The van der Waals surface area contributed by atoms with Crippen LogP contribution in [0.2, 0.25) is 0 Å². The molecule has 0 bridgehead atoms. The molecule has 2 nitrogen and oxygen atoms in total. The molecular weight excluding hydrogens is 569 g/mol. The van der Waals surface area contributed by atoms with E-state index in [2.05, 4.69) is 181 Å². The van der Waals surface area contributed by atoms with E-state index in [1.54, 1.807) is 0 Å². The molecule has 0 saturated heterocycles. The minimum absolute atomic E-state index is 0.887. The summed E-state index contributed by atoms with van der Waals surface area (Å²) in [6.45, 7) is 0. The first-order chi connectivity index (χ1) is 23.3. The zero-order valence-electron chi connectivity index (χ0n) is 25.7. The van der Waals surface area contributed by atoms with Gasteiger partial charge in [0, 0.05) is 16.8 Å².